The number of nitrogens with one attached hydrogen (secondary N) is 1. The highest BCUT2D eigenvalue weighted by molar-refractivity contribution is 5.32. The van der Waals surface area contributed by atoms with E-state index in [0.29, 0.717) is 0 Å². The van der Waals surface area contributed by atoms with Crippen molar-refractivity contribution in [3.8, 4) is 0 Å². The Bertz CT molecular complexity index is 186. The van der Waals surface area contributed by atoms with Crippen LogP contribution in [0.15, 0.2) is 24.4 Å². The van der Waals surface area contributed by atoms with Gasteiger partial charge < -0.3 is 11.1 Å². The molecule has 0 radical (unpaired) electrons. The summed E-state index contributed by atoms with van der Waals surface area (Å²) in [5.41, 5.74) is 5.33. The Morgan fingerprint density at radius 3 is 3.00 bits per heavy atom. The number of aromatic nitrogens is 1. The molecule has 0 saturated carbocycles. The van der Waals surface area contributed by atoms with E-state index in [4.69, 9.17) is 5.73 Å². The summed E-state index contributed by atoms with van der Waals surface area (Å²) in [6.07, 6.45) is 2.75. The number of pyridine rings is 1. The summed E-state index contributed by atoms with van der Waals surface area (Å²) >= 11 is 0. The van der Waals surface area contributed by atoms with Crippen LogP contribution in [0.25, 0.3) is 0 Å². The number of rotatable bonds is 4. The predicted molar refractivity (Wildman–Crippen MR) is 46.4 cm³/mol. The molecule has 0 bridgehead atoms. The van der Waals surface area contributed by atoms with Gasteiger partial charge in [0.1, 0.15) is 5.82 Å². The topological polar surface area (TPSA) is 50.9 Å². The zero-order chi connectivity index (χ0) is 7.94. The van der Waals surface area contributed by atoms with Crippen LogP contribution in [0.1, 0.15) is 6.42 Å². The first-order valence-corrected chi connectivity index (χ1v) is 3.78. The van der Waals surface area contributed by atoms with E-state index in [0.717, 1.165) is 25.3 Å². The Hall–Kier alpha value is -1.09. The lowest BCUT2D eigenvalue weighted by Gasteiger charge is -2.02. The number of hydrogen-bond donors (Lipinski definition) is 2. The zero-order valence-electron chi connectivity index (χ0n) is 6.46. The fourth-order valence-corrected chi connectivity index (χ4v) is 0.786. The van der Waals surface area contributed by atoms with Crippen molar-refractivity contribution < 1.29 is 0 Å². The van der Waals surface area contributed by atoms with Crippen LogP contribution in [0.5, 0.6) is 0 Å². The van der Waals surface area contributed by atoms with Gasteiger partial charge in [-0.05, 0) is 25.1 Å². The molecule has 11 heavy (non-hydrogen) atoms. The van der Waals surface area contributed by atoms with Gasteiger partial charge in [0, 0.05) is 12.7 Å². The van der Waals surface area contributed by atoms with Gasteiger partial charge in [-0.15, -0.1) is 0 Å². The fraction of sp³-hybridized carbons (Fsp3) is 0.375. The first-order chi connectivity index (χ1) is 5.43. The van der Waals surface area contributed by atoms with Gasteiger partial charge in [0.25, 0.3) is 0 Å². The summed E-state index contributed by atoms with van der Waals surface area (Å²) in [6.45, 7) is 1.62. The lowest BCUT2D eigenvalue weighted by Crippen LogP contribution is -2.08. The maximum absolute atomic E-state index is 5.33. The second kappa shape index (κ2) is 4.68. The maximum Gasteiger partial charge on any atom is 0.125 e. The molecule has 0 aliphatic rings. The molecule has 1 heterocycles. The van der Waals surface area contributed by atoms with Crippen LogP contribution < -0.4 is 11.1 Å². The summed E-state index contributed by atoms with van der Waals surface area (Å²) in [7, 11) is 0. The number of nitrogens with zero attached hydrogens (tertiary/aromatic N) is 1. The van der Waals surface area contributed by atoms with Gasteiger partial charge >= 0.3 is 0 Å². The van der Waals surface area contributed by atoms with Crippen LogP contribution in [0.2, 0.25) is 0 Å². The van der Waals surface area contributed by atoms with E-state index in [9.17, 15) is 0 Å². The number of anilines is 1. The van der Waals surface area contributed by atoms with Crippen molar-refractivity contribution in [2.45, 2.75) is 6.42 Å². The summed E-state index contributed by atoms with van der Waals surface area (Å²) < 4.78 is 0. The molecule has 3 nitrogen and oxygen atoms in total. The number of nitrogens with two attached hydrogens (primary N) is 1. The highest BCUT2D eigenvalue weighted by Gasteiger charge is 1.87. The Balaban J connectivity index is 2.28. The van der Waals surface area contributed by atoms with Crippen molar-refractivity contribution in [1.82, 2.24) is 4.98 Å². The smallest absolute Gasteiger partial charge is 0.125 e. The van der Waals surface area contributed by atoms with E-state index < -0.39 is 0 Å². The summed E-state index contributed by atoms with van der Waals surface area (Å²) in [5.74, 6) is 0.918. The lowest BCUT2D eigenvalue weighted by atomic mass is 10.4. The Morgan fingerprint density at radius 2 is 2.36 bits per heavy atom. The van der Waals surface area contributed by atoms with E-state index in [2.05, 4.69) is 10.3 Å². The van der Waals surface area contributed by atoms with E-state index in [1.54, 1.807) is 6.20 Å². The van der Waals surface area contributed by atoms with E-state index in [-0.39, 0.29) is 0 Å². The van der Waals surface area contributed by atoms with Crippen molar-refractivity contribution in [3.05, 3.63) is 24.4 Å². The summed E-state index contributed by atoms with van der Waals surface area (Å²) in [4.78, 5) is 4.10. The Labute approximate surface area is 66.6 Å². The minimum Gasteiger partial charge on any atom is -0.370 e. The van der Waals surface area contributed by atoms with Gasteiger partial charge in [-0.3, -0.25) is 0 Å². The van der Waals surface area contributed by atoms with Crippen molar-refractivity contribution in [2.24, 2.45) is 5.73 Å². The van der Waals surface area contributed by atoms with E-state index in [1.807, 2.05) is 18.2 Å². The third-order valence-corrected chi connectivity index (χ3v) is 1.35. The van der Waals surface area contributed by atoms with Gasteiger partial charge in [0.05, 0.1) is 0 Å². The monoisotopic (exact) mass is 151 g/mol. The van der Waals surface area contributed by atoms with Crippen molar-refractivity contribution in [3.63, 3.8) is 0 Å². The summed E-state index contributed by atoms with van der Waals surface area (Å²) in [6, 6.07) is 5.79. The molecule has 0 saturated heterocycles. The molecule has 3 heteroatoms. The molecule has 0 fully saturated rings. The molecule has 0 aromatic carbocycles. The van der Waals surface area contributed by atoms with Crippen molar-refractivity contribution in [1.29, 1.82) is 0 Å². The Morgan fingerprint density at radius 1 is 1.45 bits per heavy atom. The average molecular weight is 151 g/mol. The van der Waals surface area contributed by atoms with Crippen LogP contribution in [0, 0.1) is 0 Å². The molecule has 0 unspecified atom stereocenters. The first kappa shape index (κ1) is 8.01. The molecule has 1 aromatic rings. The van der Waals surface area contributed by atoms with Gasteiger partial charge in [-0.1, -0.05) is 6.07 Å². The third-order valence-electron chi connectivity index (χ3n) is 1.35. The van der Waals surface area contributed by atoms with Crippen molar-refractivity contribution >= 4 is 5.82 Å². The maximum atomic E-state index is 5.33. The van der Waals surface area contributed by atoms with Crippen LogP contribution in [-0.4, -0.2) is 18.1 Å². The van der Waals surface area contributed by atoms with Crippen LogP contribution in [0.4, 0.5) is 5.82 Å². The van der Waals surface area contributed by atoms with Crippen molar-refractivity contribution in [2.75, 3.05) is 18.4 Å². The third kappa shape index (κ3) is 3.00. The molecule has 0 atom stereocenters. The molecule has 0 spiro atoms. The second-order valence-corrected chi connectivity index (χ2v) is 2.28. The molecule has 0 aliphatic heterocycles. The minimum absolute atomic E-state index is 0.722. The van der Waals surface area contributed by atoms with Gasteiger partial charge in [0.15, 0.2) is 0 Å². The largest absolute Gasteiger partial charge is 0.370 e. The molecule has 60 valence electrons. The normalized spacial score (nSPS) is 9.55. The number of hydrogen-bond acceptors (Lipinski definition) is 3. The lowest BCUT2D eigenvalue weighted by molar-refractivity contribution is 0.870. The molecule has 3 N–H and O–H groups in total. The predicted octanol–water partition coefficient (Wildman–Crippen LogP) is 0.842. The fourth-order valence-electron chi connectivity index (χ4n) is 0.786. The highest BCUT2D eigenvalue weighted by atomic mass is 15.0. The molecular formula is C8H13N3. The Kier molecular flexibility index (Phi) is 3.41. The first-order valence-electron chi connectivity index (χ1n) is 3.78. The minimum atomic E-state index is 0.722. The van der Waals surface area contributed by atoms with Crippen LogP contribution >= 0.6 is 0 Å². The van der Waals surface area contributed by atoms with Crippen LogP contribution in [-0.2, 0) is 0 Å². The second-order valence-electron chi connectivity index (χ2n) is 2.28. The van der Waals surface area contributed by atoms with E-state index in [1.165, 1.54) is 0 Å². The molecule has 1 aromatic heterocycles. The van der Waals surface area contributed by atoms with Crippen LogP contribution in [0.3, 0.4) is 0 Å². The molecule has 0 aliphatic carbocycles. The quantitative estimate of drug-likeness (QED) is 0.627. The zero-order valence-corrected chi connectivity index (χ0v) is 6.46. The average Bonchev–Trinajstić information content (AvgIpc) is 2.07. The van der Waals surface area contributed by atoms with E-state index >= 15 is 0 Å². The highest BCUT2D eigenvalue weighted by Crippen LogP contribution is 1.98. The van der Waals surface area contributed by atoms with Gasteiger partial charge in [-0.2, -0.15) is 0 Å². The van der Waals surface area contributed by atoms with Gasteiger partial charge in [0.2, 0.25) is 0 Å². The molecular weight excluding hydrogens is 138 g/mol. The SMILES string of the molecule is NCCCNc1ccccn1. The molecule has 1 rings (SSSR count). The summed E-state index contributed by atoms with van der Waals surface area (Å²) in [5, 5.41) is 3.15. The van der Waals surface area contributed by atoms with Gasteiger partial charge in [-0.25, -0.2) is 4.98 Å². The standard InChI is InChI=1S/C8H13N3/c9-5-3-7-11-8-4-1-2-6-10-8/h1-2,4,6H,3,5,7,9H2,(H,10,11). The molecule has 0 amide bonds.